The van der Waals surface area contributed by atoms with E-state index in [9.17, 15) is 9.59 Å². The molecule has 2 amide bonds. The highest BCUT2D eigenvalue weighted by Gasteiger charge is 2.33. The lowest BCUT2D eigenvalue weighted by Gasteiger charge is -2.29. The third-order valence-corrected chi connectivity index (χ3v) is 7.78. The van der Waals surface area contributed by atoms with Gasteiger partial charge >= 0.3 is 6.03 Å². The number of urea groups is 1. The van der Waals surface area contributed by atoms with Gasteiger partial charge in [-0.3, -0.25) is 10.1 Å². The molecule has 1 atom stereocenters. The summed E-state index contributed by atoms with van der Waals surface area (Å²) in [4.78, 5) is 26.5. The van der Waals surface area contributed by atoms with Crippen LogP contribution in [0.25, 0.3) is 5.69 Å². The molecular formula is C30H35N7O2S. The molecule has 3 heterocycles. The summed E-state index contributed by atoms with van der Waals surface area (Å²) in [6.45, 7) is 10.1. The Bertz CT molecular complexity index is 1450. The van der Waals surface area contributed by atoms with Gasteiger partial charge in [-0.2, -0.15) is 5.10 Å². The third-order valence-electron chi connectivity index (χ3n) is 7.28. The fraction of sp³-hybridized carbons (Fsp3) is 0.367. The van der Waals surface area contributed by atoms with Crippen LogP contribution < -0.4 is 16.0 Å². The van der Waals surface area contributed by atoms with Crippen molar-refractivity contribution in [3.63, 3.8) is 0 Å². The van der Waals surface area contributed by atoms with Crippen LogP contribution in [0.2, 0.25) is 0 Å². The molecule has 0 radical (unpaired) electrons. The molecule has 0 bridgehead atoms. The minimum Gasteiger partial charge on any atom is -0.317 e. The average Bonchev–Trinajstić information content (AvgIpc) is 3.62. The minimum atomic E-state index is -0.374. The van der Waals surface area contributed by atoms with Gasteiger partial charge < -0.3 is 10.6 Å². The Morgan fingerprint density at radius 3 is 2.35 bits per heavy atom. The second-order valence-electron chi connectivity index (χ2n) is 11.3. The number of aromatic nitrogens is 4. The summed E-state index contributed by atoms with van der Waals surface area (Å²) in [5, 5.41) is 19.8. The second-order valence-corrected chi connectivity index (χ2v) is 11.9. The number of hydrogen-bond donors (Lipinski definition) is 3. The molecule has 5 rings (SSSR count). The van der Waals surface area contributed by atoms with E-state index >= 15 is 0 Å². The number of anilines is 2. The van der Waals surface area contributed by atoms with Gasteiger partial charge in [-0.1, -0.05) is 55.1 Å². The molecule has 0 saturated carbocycles. The van der Waals surface area contributed by atoms with Crippen LogP contribution in [0.5, 0.6) is 0 Å². The Labute approximate surface area is 238 Å². The van der Waals surface area contributed by atoms with Crippen molar-refractivity contribution in [3.05, 3.63) is 82.5 Å². The molecule has 2 aromatic heterocycles. The molecule has 1 fully saturated rings. The maximum absolute atomic E-state index is 13.4. The highest BCUT2D eigenvalue weighted by atomic mass is 32.1. The zero-order chi connectivity index (χ0) is 28.3. The van der Waals surface area contributed by atoms with Crippen LogP contribution in [0.1, 0.15) is 66.8 Å². The number of rotatable bonds is 7. The molecule has 10 heteroatoms. The van der Waals surface area contributed by atoms with E-state index in [1.54, 1.807) is 10.1 Å². The number of benzene rings is 2. The van der Waals surface area contributed by atoms with Gasteiger partial charge in [0.15, 0.2) is 5.78 Å². The molecule has 208 valence electrons. The van der Waals surface area contributed by atoms with Crippen LogP contribution in [0.4, 0.5) is 16.3 Å². The first-order chi connectivity index (χ1) is 19.2. The van der Waals surface area contributed by atoms with E-state index in [1.165, 1.54) is 11.5 Å². The van der Waals surface area contributed by atoms with E-state index in [4.69, 9.17) is 5.10 Å². The summed E-state index contributed by atoms with van der Waals surface area (Å²) in [6.07, 6.45) is 1.84. The molecule has 4 aromatic rings. The van der Waals surface area contributed by atoms with E-state index < -0.39 is 0 Å². The molecule has 1 aliphatic rings. The lowest BCUT2D eigenvalue weighted by molar-refractivity contribution is 0.0911. The Morgan fingerprint density at radius 1 is 1.02 bits per heavy atom. The van der Waals surface area contributed by atoms with Gasteiger partial charge in [-0.15, -0.1) is 5.10 Å². The fourth-order valence-electron chi connectivity index (χ4n) is 5.02. The number of amides is 2. The number of nitrogens with zero attached hydrogens (tertiary/aromatic N) is 4. The smallest absolute Gasteiger partial charge is 0.317 e. The van der Waals surface area contributed by atoms with Crippen molar-refractivity contribution in [2.24, 2.45) is 5.92 Å². The van der Waals surface area contributed by atoms with Crippen molar-refractivity contribution in [3.8, 4) is 5.69 Å². The second kappa shape index (κ2) is 11.7. The number of piperidine rings is 1. The Morgan fingerprint density at radius 2 is 1.73 bits per heavy atom. The summed E-state index contributed by atoms with van der Waals surface area (Å²) in [6, 6.07) is 17.1. The normalized spacial score (nSPS) is 15.0. The van der Waals surface area contributed by atoms with Gasteiger partial charge in [0.25, 0.3) is 0 Å². The van der Waals surface area contributed by atoms with Crippen molar-refractivity contribution in [1.29, 1.82) is 0 Å². The Balaban J connectivity index is 1.34. The molecule has 2 aromatic carbocycles. The number of Topliss-reactive ketones (excluding diaryl/α,β-unsaturated/α-hetero) is 1. The zero-order valence-corrected chi connectivity index (χ0v) is 24.1. The van der Waals surface area contributed by atoms with Crippen molar-refractivity contribution in [1.82, 2.24) is 24.7 Å². The summed E-state index contributed by atoms with van der Waals surface area (Å²) in [7, 11) is 0. The highest BCUT2D eigenvalue weighted by Crippen LogP contribution is 2.34. The van der Waals surface area contributed by atoms with Crippen molar-refractivity contribution in [2.45, 2.75) is 51.9 Å². The van der Waals surface area contributed by atoms with E-state index in [2.05, 4.69) is 46.3 Å². The van der Waals surface area contributed by atoms with Gasteiger partial charge in [0.2, 0.25) is 0 Å². The predicted octanol–water partition coefficient (Wildman–Crippen LogP) is 5.94. The van der Waals surface area contributed by atoms with Gasteiger partial charge in [0.05, 0.1) is 17.3 Å². The first-order valence-corrected chi connectivity index (χ1v) is 14.4. The number of carbonyl (C=O) groups is 2. The Kier molecular flexibility index (Phi) is 8.09. The quantitative estimate of drug-likeness (QED) is 0.242. The molecule has 0 aliphatic carbocycles. The lowest BCUT2D eigenvalue weighted by Crippen LogP contribution is -2.33. The summed E-state index contributed by atoms with van der Waals surface area (Å²) in [5.41, 5.74) is 4.66. The van der Waals surface area contributed by atoms with Crippen molar-refractivity contribution >= 4 is 34.9 Å². The van der Waals surface area contributed by atoms with Crippen LogP contribution >= 0.6 is 11.5 Å². The van der Waals surface area contributed by atoms with Crippen LogP contribution in [-0.2, 0) is 5.41 Å². The minimum absolute atomic E-state index is 0.00174. The molecule has 1 aliphatic heterocycles. The maximum atomic E-state index is 13.4. The van der Waals surface area contributed by atoms with Crippen LogP contribution in [0.3, 0.4) is 0 Å². The molecule has 9 nitrogen and oxygen atoms in total. The van der Waals surface area contributed by atoms with E-state index in [0.29, 0.717) is 17.2 Å². The Hall–Kier alpha value is -3.89. The molecule has 0 spiro atoms. The molecule has 3 N–H and O–H groups in total. The zero-order valence-electron chi connectivity index (χ0n) is 23.3. The van der Waals surface area contributed by atoms with Gasteiger partial charge in [-0.05, 0) is 80.1 Å². The first-order valence-electron chi connectivity index (χ1n) is 13.6. The van der Waals surface area contributed by atoms with Crippen LogP contribution in [-0.4, -0.2) is 44.3 Å². The molecule has 1 saturated heterocycles. The number of hydrogen-bond acceptors (Lipinski definition) is 7. The van der Waals surface area contributed by atoms with Crippen LogP contribution in [0, 0.1) is 12.8 Å². The highest BCUT2D eigenvalue weighted by molar-refractivity contribution is 7.03. The van der Waals surface area contributed by atoms with E-state index in [1.807, 2.05) is 61.5 Å². The number of aryl methyl sites for hydroxylation is 1. The van der Waals surface area contributed by atoms with Crippen LogP contribution in [0.15, 0.2) is 60.0 Å². The SMILES string of the molecule is Cc1ccc(-n2nc(C(C)(C)C)cc2NC(=O)Nc2ccc(C(C(=O)c3csnn3)C3CCNCC3)cc2)cc1. The molecule has 1 unspecified atom stereocenters. The van der Waals surface area contributed by atoms with Crippen molar-refractivity contribution < 1.29 is 9.59 Å². The van der Waals surface area contributed by atoms with Gasteiger partial charge in [0, 0.05) is 22.5 Å². The maximum Gasteiger partial charge on any atom is 0.324 e. The van der Waals surface area contributed by atoms with Gasteiger partial charge in [-0.25, -0.2) is 9.48 Å². The monoisotopic (exact) mass is 557 g/mol. The van der Waals surface area contributed by atoms with Gasteiger partial charge in [0.1, 0.15) is 11.5 Å². The number of nitrogens with one attached hydrogen (secondary N) is 3. The largest absolute Gasteiger partial charge is 0.324 e. The number of carbonyl (C=O) groups excluding carboxylic acids is 2. The lowest BCUT2D eigenvalue weighted by atomic mass is 9.77. The predicted molar refractivity (Wildman–Crippen MR) is 159 cm³/mol. The molecule has 40 heavy (non-hydrogen) atoms. The summed E-state index contributed by atoms with van der Waals surface area (Å²) < 4.78 is 5.64. The fourth-order valence-corrected chi connectivity index (χ4v) is 5.46. The van der Waals surface area contributed by atoms with E-state index in [-0.39, 0.29) is 29.1 Å². The molecular weight excluding hydrogens is 522 g/mol. The topological polar surface area (TPSA) is 114 Å². The average molecular weight is 558 g/mol. The van der Waals surface area contributed by atoms with E-state index in [0.717, 1.165) is 48.4 Å². The first kappa shape index (κ1) is 27.7. The van der Waals surface area contributed by atoms with Crippen molar-refractivity contribution in [2.75, 3.05) is 23.7 Å². The standard InChI is InChI=1S/C30H35N7O2S/c1-19-5-11-23(12-6-19)37-26(17-25(35-37)30(2,3)4)33-29(39)32-22-9-7-20(8-10-22)27(21-13-15-31-16-14-21)28(38)24-18-40-36-34-24/h5-12,17-18,21,27,31H,13-16H2,1-4H3,(H2,32,33,39). The number of ketones is 1. The summed E-state index contributed by atoms with van der Waals surface area (Å²) in [5.74, 6) is 0.500. The third kappa shape index (κ3) is 6.29. The summed E-state index contributed by atoms with van der Waals surface area (Å²) >= 11 is 1.18.